The minimum absolute atomic E-state index is 0.156. The summed E-state index contributed by atoms with van der Waals surface area (Å²) in [6, 6.07) is 9.57. The summed E-state index contributed by atoms with van der Waals surface area (Å²) in [5, 5.41) is 5.65. The van der Waals surface area contributed by atoms with Gasteiger partial charge in [-0.25, -0.2) is 9.78 Å². The molecule has 1 atom stereocenters. The number of aromatic nitrogens is 1. The fourth-order valence-electron chi connectivity index (χ4n) is 2.60. The zero-order valence-electron chi connectivity index (χ0n) is 13.0. The Balaban J connectivity index is 1.59. The van der Waals surface area contributed by atoms with Gasteiger partial charge in [-0.3, -0.25) is 9.69 Å². The van der Waals surface area contributed by atoms with Crippen LogP contribution >= 0.6 is 11.3 Å². The Hall–Kier alpha value is -2.21. The highest BCUT2D eigenvalue weighted by molar-refractivity contribution is 7.09. The predicted octanol–water partition coefficient (Wildman–Crippen LogP) is 2.76. The molecule has 6 heteroatoms. The van der Waals surface area contributed by atoms with Crippen molar-refractivity contribution >= 4 is 23.3 Å². The number of benzene rings is 1. The number of carbonyl (C=O) groups is 2. The van der Waals surface area contributed by atoms with Gasteiger partial charge in [-0.05, 0) is 18.4 Å². The molecule has 1 aromatic heterocycles. The van der Waals surface area contributed by atoms with Gasteiger partial charge < -0.3 is 5.32 Å². The number of nitrogens with one attached hydrogen (secondary N) is 1. The van der Waals surface area contributed by atoms with Crippen LogP contribution in [0.1, 0.15) is 29.6 Å². The van der Waals surface area contributed by atoms with E-state index >= 15 is 0 Å². The second kappa shape index (κ2) is 6.91. The molecule has 1 fully saturated rings. The van der Waals surface area contributed by atoms with Gasteiger partial charge in [-0.1, -0.05) is 37.3 Å². The molecule has 0 spiro atoms. The maximum atomic E-state index is 12.1. The van der Waals surface area contributed by atoms with Gasteiger partial charge in [-0.2, -0.15) is 0 Å². The third-order valence-electron chi connectivity index (χ3n) is 3.91. The molecule has 1 aromatic carbocycles. The van der Waals surface area contributed by atoms with Crippen LogP contribution in [0, 0.1) is 0 Å². The Morgan fingerprint density at radius 3 is 2.70 bits per heavy atom. The molecule has 3 amide bonds. The number of hydrogen-bond donors (Lipinski definition) is 1. The number of amides is 3. The largest absolute Gasteiger partial charge is 0.326 e. The van der Waals surface area contributed by atoms with Crippen LogP contribution in [-0.4, -0.2) is 27.9 Å². The predicted molar refractivity (Wildman–Crippen MR) is 89.1 cm³/mol. The van der Waals surface area contributed by atoms with Crippen LogP contribution in [-0.2, 0) is 24.2 Å². The summed E-state index contributed by atoms with van der Waals surface area (Å²) >= 11 is 1.58. The first kappa shape index (κ1) is 15.7. The van der Waals surface area contributed by atoms with Gasteiger partial charge >= 0.3 is 6.03 Å². The van der Waals surface area contributed by atoms with Crippen LogP contribution in [0.5, 0.6) is 0 Å². The fourth-order valence-corrected chi connectivity index (χ4v) is 3.39. The number of thiazole rings is 1. The molecule has 0 radical (unpaired) electrons. The number of aryl methyl sites for hydroxylation is 2. The minimum Gasteiger partial charge on any atom is -0.326 e. The van der Waals surface area contributed by atoms with Crippen molar-refractivity contribution in [2.45, 2.75) is 38.8 Å². The Morgan fingerprint density at radius 2 is 2.00 bits per heavy atom. The number of imide groups is 1. The molecule has 23 heavy (non-hydrogen) atoms. The molecule has 1 aliphatic heterocycles. The molecule has 5 nitrogen and oxygen atoms in total. The molecule has 0 bridgehead atoms. The van der Waals surface area contributed by atoms with E-state index in [2.05, 4.69) is 22.4 Å². The summed E-state index contributed by atoms with van der Waals surface area (Å²) in [5.74, 6) is -0.156. The van der Waals surface area contributed by atoms with E-state index in [1.54, 1.807) is 11.3 Å². The SMILES string of the molecule is CC[C@H]1NC(=O)N(Cc2csc(CCc3ccccc3)n2)C1=O. The lowest BCUT2D eigenvalue weighted by molar-refractivity contribution is -0.127. The van der Waals surface area contributed by atoms with Crippen molar-refractivity contribution < 1.29 is 9.59 Å². The van der Waals surface area contributed by atoms with Crippen LogP contribution in [0.25, 0.3) is 0 Å². The number of rotatable bonds is 6. The summed E-state index contributed by atoms with van der Waals surface area (Å²) < 4.78 is 0. The van der Waals surface area contributed by atoms with Crippen molar-refractivity contribution in [1.29, 1.82) is 0 Å². The third kappa shape index (κ3) is 3.59. The van der Waals surface area contributed by atoms with Crippen molar-refractivity contribution in [3.8, 4) is 0 Å². The minimum atomic E-state index is -0.390. The van der Waals surface area contributed by atoms with Crippen LogP contribution in [0.4, 0.5) is 4.79 Å². The highest BCUT2D eigenvalue weighted by Gasteiger charge is 2.36. The van der Waals surface area contributed by atoms with Gasteiger partial charge in [-0.15, -0.1) is 11.3 Å². The maximum absolute atomic E-state index is 12.1. The molecular weight excluding hydrogens is 310 g/mol. The van der Waals surface area contributed by atoms with E-state index in [0.29, 0.717) is 6.42 Å². The molecule has 1 N–H and O–H groups in total. The quantitative estimate of drug-likeness (QED) is 0.829. The molecule has 1 saturated heterocycles. The van der Waals surface area contributed by atoms with Gasteiger partial charge in [0.15, 0.2) is 0 Å². The average molecular weight is 329 g/mol. The maximum Gasteiger partial charge on any atom is 0.325 e. The van der Waals surface area contributed by atoms with Crippen LogP contribution in [0.3, 0.4) is 0 Å². The van der Waals surface area contributed by atoms with Gasteiger partial charge in [0.05, 0.1) is 17.2 Å². The van der Waals surface area contributed by atoms with E-state index in [0.717, 1.165) is 23.5 Å². The molecule has 3 rings (SSSR count). The van der Waals surface area contributed by atoms with Gasteiger partial charge in [0.2, 0.25) is 0 Å². The molecular formula is C17H19N3O2S. The molecule has 2 aromatic rings. The third-order valence-corrected chi connectivity index (χ3v) is 4.86. The van der Waals surface area contributed by atoms with Crippen LogP contribution < -0.4 is 5.32 Å². The molecule has 0 unspecified atom stereocenters. The van der Waals surface area contributed by atoms with Crippen molar-refractivity contribution in [3.63, 3.8) is 0 Å². The average Bonchev–Trinajstić information content (AvgIpc) is 3.13. The van der Waals surface area contributed by atoms with Crippen LogP contribution in [0.15, 0.2) is 35.7 Å². The molecule has 0 saturated carbocycles. The molecule has 2 heterocycles. The number of carbonyl (C=O) groups excluding carboxylic acids is 2. The van der Waals surface area contributed by atoms with Crippen molar-refractivity contribution in [2.75, 3.05) is 0 Å². The summed E-state index contributed by atoms with van der Waals surface area (Å²) in [6.07, 6.45) is 2.42. The van der Waals surface area contributed by atoms with Crippen molar-refractivity contribution in [1.82, 2.24) is 15.2 Å². The van der Waals surface area contributed by atoms with Crippen molar-refractivity contribution in [3.05, 3.63) is 52.0 Å². The smallest absolute Gasteiger partial charge is 0.325 e. The summed E-state index contributed by atoms with van der Waals surface area (Å²) in [4.78, 5) is 29.7. The lowest BCUT2D eigenvalue weighted by atomic mass is 10.1. The van der Waals surface area contributed by atoms with Crippen molar-refractivity contribution in [2.24, 2.45) is 0 Å². The Kier molecular flexibility index (Phi) is 4.71. The summed E-state index contributed by atoms with van der Waals surface area (Å²) in [6.45, 7) is 2.14. The Morgan fingerprint density at radius 1 is 1.22 bits per heavy atom. The Bertz CT molecular complexity index is 699. The van der Waals surface area contributed by atoms with E-state index in [1.165, 1.54) is 10.5 Å². The second-order valence-electron chi connectivity index (χ2n) is 5.55. The number of hydrogen-bond acceptors (Lipinski definition) is 4. The lowest BCUT2D eigenvalue weighted by Crippen LogP contribution is -2.30. The summed E-state index contributed by atoms with van der Waals surface area (Å²) in [5.41, 5.74) is 2.06. The standard InChI is InChI=1S/C17H19N3O2S/c1-2-14-16(21)20(17(22)19-14)10-13-11-23-15(18-13)9-8-12-6-4-3-5-7-12/h3-7,11,14H,2,8-10H2,1H3,(H,19,22)/t14-/m1/s1. The van der Waals surface area contributed by atoms with E-state index in [4.69, 9.17) is 0 Å². The van der Waals surface area contributed by atoms with E-state index in [-0.39, 0.29) is 18.5 Å². The van der Waals surface area contributed by atoms with Gasteiger partial charge in [0.1, 0.15) is 6.04 Å². The monoisotopic (exact) mass is 329 g/mol. The second-order valence-corrected chi connectivity index (χ2v) is 6.50. The normalized spacial score (nSPS) is 17.6. The first-order chi connectivity index (χ1) is 11.2. The van der Waals surface area contributed by atoms with E-state index in [1.807, 2.05) is 30.5 Å². The zero-order chi connectivity index (χ0) is 16.2. The number of nitrogens with zero attached hydrogens (tertiary/aromatic N) is 2. The lowest BCUT2D eigenvalue weighted by Gasteiger charge is -2.10. The van der Waals surface area contributed by atoms with Gasteiger partial charge in [0.25, 0.3) is 5.91 Å². The first-order valence-corrected chi connectivity index (χ1v) is 8.64. The topological polar surface area (TPSA) is 62.3 Å². The first-order valence-electron chi connectivity index (χ1n) is 7.76. The molecule has 0 aliphatic carbocycles. The molecule has 120 valence electrons. The van der Waals surface area contributed by atoms with E-state index < -0.39 is 6.04 Å². The fraction of sp³-hybridized carbons (Fsp3) is 0.353. The Labute approximate surface area is 139 Å². The highest BCUT2D eigenvalue weighted by Crippen LogP contribution is 2.17. The molecule has 1 aliphatic rings. The van der Waals surface area contributed by atoms with E-state index in [9.17, 15) is 9.59 Å². The van der Waals surface area contributed by atoms with Crippen LogP contribution in [0.2, 0.25) is 0 Å². The van der Waals surface area contributed by atoms with Gasteiger partial charge in [0, 0.05) is 11.8 Å². The number of urea groups is 1. The summed E-state index contributed by atoms with van der Waals surface area (Å²) in [7, 11) is 0. The zero-order valence-corrected chi connectivity index (χ0v) is 13.8. The highest BCUT2D eigenvalue weighted by atomic mass is 32.1.